The van der Waals surface area contributed by atoms with Gasteiger partial charge in [0.15, 0.2) is 0 Å². The molecule has 20 heavy (non-hydrogen) atoms. The summed E-state index contributed by atoms with van der Waals surface area (Å²) in [5.41, 5.74) is 0. The van der Waals surface area contributed by atoms with Gasteiger partial charge in [-0.15, -0.1) is 0 Å². The monoisotopic (exact) mass is 284 g/mol. The molecule has 0 saturated carbocycles. The van der Waals surface area contributed by atoms with E-state index >= 15 is 0 Å². The Balaban J connectivity index is 4.68. The zero-order valence-corrected chi connectivity index (χ0v) is 12.1. The van der Waals surface area contributed by atoms with Gasteiger partial charge in [0.05, 0.1) is 19.6 Å². The highest BCUT2D eigenvalue weighted by Crippen LogP contribution is 2.20. The van der Waals surface area contributed by atoms with Crippen molar-refractivity contribution in [2.75, 3.05) is 13.7 Å². The molecule has 0 aromatic rings. The Hall–Kier alpha value is -1.62. The maximum atomic E-state index is 11.1. The number of aliphatic hydroxyl groups excluding tert-OH is 1. The van der Waals surface area contributed by atoms with Gasteiger partial charge in [-0.1, -0.05) is 37.6 Å². The van der Waals surface area contributed by atoms with Crippen molar-refractivity contribution in [2.45, 2.75) is 32.6 Å². The molecule has 0 aliphatic rings. The van der Waals surface area contributed by atoms with Gasteiger partial charge in [0.2, 0.25) is 0 Å². The molecule has 0 aliphatic heterocycles. The lowest BCUT2D eigenvalue weighted by molar-refractivity contribution is -0.146. The van der Waals surface area contributed by atoms with Gasteiger partial charge < -0.3 is 14.9 Å². The first-order chi connectivity index (χ1) is 9.56. The molecule has 5 heteroatoms. The van der Waals surface area contributed by atoms with Gasteiger partial charge in [0.25, 0.3) is 0 Å². The molecule has 0 saturated heterocycles. The van der Waals surface area contributed by atoms with Crippen LogP contribution in [0, 0.1) is 11.8 Å². The van der Waals surface area contributed by atoms with Crippen LogP contribution in [0.1, 0.15) is 32.6 Å². The third kappa shape index (κ3) is 7.74. The highest BCUT2D eigenvalue weighted by molar-refractivity contribution is 5.71. The number of carbonyl (C=O) groups excluding carboxylic acids is 1. The maximum Gasteiger partial charge on any atom is 0.309 e. The third-order valence-electron chi connectivity index (χ3n) is 3.00. The SMILES string of the molecule is CCC/C=C/C=C/[C@H](CCC(=O)OC)[C@@H](CO)C(=O)O. The highest BCUT2D eigenvalue weighted by Gasteiger charge is 2.25. The predicted molar refractivity (Wildman–Crippen MR) is 76.1 cm³/mol. The van der Waals surface area contributed by atoms with Gasteiger partial charge >= 0.3 is 11.9 Å². The number of unbranched alkanes of at least 4 members (excludes halogenated alkanes) is 1. The van der Waals surface area contributed by atoms with Crippen molar-refractivity contribution in [3.8, 4) is 0 Å². The van der Waals surface area contributed by atoms with E-state index in [-0.39, 0.29) is 12.4 Å². The summed E-state index contributed by atoms with van der Waals surface area (Å²) < 4.78 is 4.55. The van der Waals surface area contributed by atoms with Gasteiger partial charge in [0.1, 0.15) is 0 Å². The number of hydrogen-bond acceptors (Lipinski definition) is 4. The first-order valence-electron chi connectivity index (χ1n) is 6.80. The van der Waals surface area contributed by atoms with Gasteiger partial charge in [0, 0.05) is 6.42 Å². The van der Waals surface area contributed by atoms with Crippen LogP contribution < -0.4 is 0 Å². The first-order valence-corrected chi connectivity index (χ1v) is 6.80. The molecule has 0 aromatic carbocycles. The summed E-state index contributed by atoms with van der Waals surface area (Å²) in [6.07, 6.45) is 9.81. The van der Waals surface area contributed by atoms with E-state index in [1.54, 1.807) is 12.2 Å². The topological polar surface area (TPSA) is 83.8 Å². The van der Waals surface area contributed by atoms with Crippen LogP contribution in [0.5, 0.6) is 0 Å². The van der Waals surface area contributed by atoms with Crippen LogP contribution in [0.25, 0.3) is 0 Å². The fraction of sp³-hybridized carbons (Fsp3) is 0.600. The number of esters is 1. The molecule has 0 radical (unpaired) electrons. The Morgan fingerprint density at radius 2 is 2.00 bits per heavy atom. The van der Waals surface area contributed by atoms with Crippen molar-refractivity contribution in [3.63, 3.8) is 0 Å². The van der Waals surface area contributed by atoms with Crippen molar-refractivity contribution in [1.82, 2.24) is 0 Å². The van der Waals surface area contributed by atoms with E-state index < -0.39 is 24.4 Å². The fourth-order valence-corrected chi connectivity index (χ4v) is 1.76. The number of methoxy groups -OCH3 is 1. The summed E-state index contributed by atoms with van der Waals surface area (Å²) in [5, 5.41) is 18.3. The molecule has 5 nitrogen and oxygen atoms in total. The fourth-order valence-electron chi connectivity index (χ4n) is 1.76. The van der Waals surface area contributed by atoms with Crippen LogP contribution >= 0.6 is 0 Å². The van der Waals surface area contributed by atoms with E-state index in [4.69, 9.17) is 5.11 Å². The largest absolute Gasteiger partial charge is 0.481 e. The molecular formula is C15H24O5. The second-order valence-electron chi connectivity index (χ2n) is 4.51. The van der Waals surface area contributed by atoms with Crippen molar-refractivity contribution in [1.29, 1.82) is 0 Å². The van der Waals surface area contributed by atoms with Gasteiger partial charge in [-0.05, 0) is 18.8 Å². The molecule has 2 N–H and O–H groups in total. The van der Waals surface area contributed by atoms with E-state index in [9.17, 15) is 14.7 Å². The number of hydrogen-bond donors (Lipinski definition) is 2. The number of carboxylic acids is 1. The molecule has 114 valence electrons. The smallest absolute Gasteiger partial charge is 0.309 e. The second-order valence-corrected chi connectivity index (χ2v) is 4.51. The third-order valence-corrected chi connectivity index (χ3v) is 3.00. The van der Waals surface area contributed by atoms with E-state index in [1.807, 2.05) is 12.2 Å². The number of aliphatic carboxylic acids is 1. The minimum Gasteiger partial charge on any atom is -0.481 e. The molecule has 0 bridgehead atoms. The molecule has 0 amide bonds. The average Bonchev–Trinajstić information content (AvgIpc) is 2.43. The van der Waals surface area contributed by atoms with Crippen LogP contribution in [0.15, 0.2) is 24.3 Å². The highest BCUT2D eigenvalue weighted by atomic mass is 16.5. The number of aliphatic hydroxyl groups is 1. The Morgan fingerprint density at radius 3 is 2.50 bits per heavy atom. The lowest BCUT2D eigenvalue weighted by Crippen LogP contribution is -2.26. The Bertz CT molecular complexity index is 346. The lowest BCUT2D eigenvalue weighted by Gasteiger charge is -2.18. The molecule has 0 aliphatic carbocycles. The standard InChI is InChI=1S/C15H24O5/c1-3-4-5-6-7-8-12(9-10-14(17)20-2)13(11-16)15(18)19/h5-8,12-13,16H,3-4,9-11H2,1-2H3,(H,18,19)/b6-5+,8-7+/t12-,13-/m1/s1. The zero-order chi connectivity index (χ0) is 15.4. The van der Waals surface area contributed by atoms with Crippen molar-refractivity contribution >= 4 is 11.9 Å². The van der Waals surface area contributed by atoms with Crippen molar-refractivity contribution < 1.29 is 24.5 Å². The van der Waals surface area contributed by atoms with Crippen LogP contribution in [-0.4, -0.2) is 35.9 Å². The zero-order valence-electron chi connectivity index (χ0n) is 12.1. The Kier molecular flexibility index (Phi) is 10.3. The van der Waals surface area contributed by atoms with Crippen LogP contribution in [0.4, 0.5) is 0 Å². The number of carbonyl (C=O) groups is 2. The molecule has 0 rings (SSSR count). The first kappa shape index (κ1) is 18.4. The lowest BCUT2D eigenvalue weighted by atomic mass is 9.88. The van der Waals surface area contributed by atoms with Gasteiger partial charge in [-0.2, -0.15) is 0 Å². The number of carboxylic acid groups (broad SMARTS) is 1. The number of allylic oxidation sites excluding steroid dienone is 4. The molecule has 0 unspecified atom stereocenters. The summed E-state index contributed by atoms with van der Waals surface area (Å²) >= 11 is 0. The summed E-state index contributed by atoms with van der Waals surface area (Å²) in [6.45, 7) is 1.61. The van der Waals surface area contributed by atoms with Crippen LogP contribution in [0.2, 0.25) is 0 Å². The van der Waals surface area contributed by atoms with Crippen molar-refractivity contribution in [2.24, 2.45) is 11.8 Å². The molecular weight excluding hydrogens is 260 g/mol. The van der Waals surface area contributed by atoms with Gasteiger partial charge in [-0.3, -0.25) is 9.59 Å². The minimum absolute atomic E-state index is 0.133. The van der Waals surface area contributed by atoms with E-state index in [2.05, 4.69) is 11.7 Å². The molecule has 0 spiro atoms. The van der Waals surface area contributed by atoms with E-state index in [0.29, 0.717) is 6.42 Å². The Labute approximate surface area is 119 Å². The van der Waals surface area contributed by atoms with Crippen LogP contribution in [-0.2, 0) is 14.3 Å². The minimum atomic E-state index is -1.07. The van der Waals surface area contributed by atoms with Crippen LogP contribution in [0.3, 0.4) is 0 Å². The molecule has 0 fully saturated rings. The van der Waals surface area contributed by atoms with E-state index in [1.165, 1.54) is 7.11 Å². The number of rotatable bonds is 10. The second kappa shape index (κ2) is 11.2. The maximum absolute atomic E-state index is 11.1. The van der Waals surface area contributed by atoms with E-state index in [0.717, 1.165) is 12.8 Å². The number of ether oxygens (including phenoxy) is 1. The predicted octanol–water partition coefficient (Wildman–Crippen LogP) is 2.16. The van der Waals surface area contributed by atoms with Crippen molar-refractivity contribution in [3.05, 3.63) is 24.3 Å². The summed E-state index contributed by atoms with van der Waals surface area (Å²) in [4.78, 5) is 22.2. The van der Waals surface area contributed by atoms with Gasteiger partial charge in [-0.25, -0.2) is 0 Å². The summed E-state index contributed by atoms with van der Waals surface area (Å²) in [6, 6.07) is 0. The summed E-state index contributed by atoms with van der Waals surface area (Å²) in [7, 11) is 1.29. The summed E-state index contributed by atoms with van der Waals surface area (Å²) in [5.74, 6) is -2.75. The molecule has 2 atom stereocenters. The molecule has 0 heterocycles. The Morgan fingerprint density at radius 1 is 1.30 bits per heavy atom. The molecule has 0 aromatic heterocycles. The average molecular weight is 284 g/mol. The normalized spacial score (nSPS) is 14.6. The quantitative estimate of drug-likeness (QED) is 0.474.